The van der Waals surface area contributed by atoms with E-state index in [1.54, 1.807) is 14.2 Å². The zero-order valence-electron chi connectivity index (χ0n) is 19.4. The van der Waals surface area contributed by atoms with Crippen molar-refractivity contribution in [3.05, 3.63) is 47.7 Å². The molecule has 2 N–H and O–H groups in total. The minimum atomic E-state index is 0. The molecule has 0 saturated carbocycles. The second-order valence-electron chi connectivity index (χ2n) is 7.65. The molecule has 1 aromatic heterocycles. The molecule has 0 spiro atoms. The summed E-state index contributed by atoms with van der Waals surface area (Å²) in [7, 11) is 3.32. The topological polar surface area (TPSA) is 71.0 Å². The number of nitrogens with zero attached hydrogens (tertiary/aromatic N) is 3. The number of rotatable bonds is 8. The molecule has 176 valence electrons. The van der Waals surface area contributed by atoms with Gasteiger partial charge in [-0.1, -0.05) is 18.9 Å². The van der Waals surface area contributed by atoms with Crippen LogP contribution in [0.3, 0.4) is 0 Å². The van der Waals surface area contributed by atoms with Crippen molar-refractivity contribution in [1.29, 1.82) is 0 Å². The highest BCUT2D eigenvalue weighted by molar-refractivity contribution is 14.0. The highest BCUT2D eigenvalue weighted by atomic mass is 127. The van der Waals surface area contributed by atoms with Gasteiger partial charge < -0.3 is 25.0 Å². The lowest BCUT2D eigenvalue weighted by molar-refractivity contribution is 0.390. The maximum atomic E-state index is 5.49. The van der Waals surface area contributed by atoms with Crippen LogP contribution in [0.2, 0.25) is 0 Å². The fourth-order valence-electron chi connectivity index (χ4n) is 3.69. The largest absolute Gasteiger partial charge is 0.497 e. The van der Waals surface area contributed by atoms with Crippen LogP contribution >= 0.6 is 24.0 Å². The summed E-state index contributed by atoms with van der Waals surface area (Å²) in [5, 5.41) is 6.68. The van der Waals surface area contributed by atoms with E-state index in [4.69, 9.17) is 14.5 Å². The standard InChI is InChI=1S/C24H35N5O2.HI/c1-4-25-24(28-18-20-10-11-21(30-2)15-22(20)31-3)27-17-19-9-12-23(26-16-19)29-13-7-5-6-8-14-29;/h9-12,15-16H,4-8,13-14,17-18H2,1-3H3,(H2,25,27,28);1H. The molecule has 7 nitrogen and oxygen atoms in total. The van der Waals surface area contributed by atoms with Crippen LogP contribution in [0.4, 0.5) is 5.82 Å². The smallest absolute Gasteiger partial charge is 0.191 e. The number of anilines is 1. The van der Waals surface area contributed by atoms with Gasteiger partial charge in [-0.2, -0.15) is 0 Å². The zero-order chi connectivity index (χ0) is 21.9. The summed E-state index contributed by atoms with van der Waals surface area (Å²) in [4.78, 5) is 11.8. The third-order valence-electron chi connectivity index (χ3n) is 5.44. The van der Waals surface area contributed by atoms with Crippen LogP contribution in [0.15, 0.2) is 41.5 Å². The van der Waals surface area contributed by atoms with Gasteiger partial charge in [0.1, 0.15) is 17.3 Å². The van der Waals surface area contributed by atoms with Crippen molar-refractivity contribution in [3.63, 3.8) is 0 Å². The Balaban J connectivity index is 0.00000363. The lowest BCUT2D eigenvalue weighted by Crippen LogP contribution is -2.36. The van der Waals surface area contributed by atoms with Gasteiger partial charge in [0, 0.05) is 44.0 Å². The third kappa shape index (κ3) is 7.72. The summed E-state index contributed by atoms with van der Waals surface area (Å²) in [6, 6.07) is 10.1. The summed E-state index contributed by atoms with van der Waals surface area (Å²) in [6.07, 6.45) is 7.10. The molecular formula is C24H36IN5O2. The van der Waals surface area contributed by atoms with Crippen LogP contribution in [0.25, 0.3) is 0 Å². The number of nitrogens with one attached hydrogen (secondary N) is 2. The van der Waals surface area contributed by atoms with Gasteiger partial charge in [0.2, 0.25) is 0 Å². The van der Waals surface area contributed by atoms with Gasteiger partial charge in [0.25, 0.3) is 0 Å². The van der Waals surface area contributed by atoms with E-state index >= 15 is 0 Å². The molecule has 8 heteroatoms. The summed E-state index contributed by atoms with van der Waals surface area (Å²) in [5.41, 5.74) is 2.13. The number of ether oxygens (including phenoxy) is 2. The summed E-state index contributed by atoms with van der Waals surface area (Å²) < 4.78 is 10.8. The Morgan fingerprint density at radius 3 is 2.44 bits per heavy atom. The zero-order valence-corrected chi connectivity index (χ0v) is 21.7. The van der Waals surface area contributed by atoms with E-state index in [0.717, 1.165) is 54.0 Å². The van der Waals surface area contributed by atoms with Crippen molar-refractivity contribution in [3.8, 4) is 11.5 Å². The van der Waals surface area contributed by atoms with E-state index in [0.29, 0.717) is 13.1 Å². The second-order valence-corrected chi connectivity index (χ2v) is 7.65. The molecule has 1 aromatic carbocycles. The first-order valence-electron chi connectivity index (χ1n) is 11.2. The fourth-order valence-corrected chi connectivity index (χ4v) is 3.69. The highest BCUT2D eigenvalue weighted by Crippen LogP contribution is 2.24. The normalized spacial score (nSPS) is 14.2. The van der Waals surface area contributed by atoms with Crippen molar-refractivity contribution in [2.45, 2.75) is 45.7 Å². The molecule has 1 aliphatic rings. The first-order chi connectivity index (χ1) is 15.2. The Kier molecular flexibility index (Phi) is 11.4. The number of pyridine rings is 1. The van der Waals surface area contributed by atoms with Gasteiger partial charge in [-0.15, -0.1) is 24.0 Å². The molecule has 32 heavy (non-hydrogen) atoms. The Bertz CT molecular complexity index is 837. The molecule has 0 unspecified atom stereocenters. The molecule has 0 bridgehead atoms. The lowest BCUT2D eigenvalue weighted by atomic mass is 10.2. The van der Waals surface area contributed by atoms with E-state index in [9.17, 15) is 0 Å². The highest BCUT2D eigenvalue weighted by Gasteiger charge is 2.11. The minimum absolute atomic E-state index is 0. The van der Waals surface area contributed by atoms with Gasteiger partial charge in [-0.05, 0) is 43.5 Å². The Morgan fingerprint density at radius 1 is 1.03 bits per heavy atom. The SMILES string of the molecule is CCNC(=NCc1ccc(N2CCCCCC2)nc1)NCc1ccc(OC)cc1OC.I. The lowest BCUT2D eigenvalue weighted by Gasteiger charge is -2.21. The maximum absolute atomic E-state index is 5.49. The van der Waals surface area contributed by atoms with E-state index in [1.807, 2.05) is 24.4 Å². The number of benzene rings is 1. The number of hydrogen-bond acceptors (Lipinski definition) is 5. The van der Waals surface area contributed by atoms with Crippen molar-refractivity contribution < 1.29 is 9.47 Å². The number of aromatic nitrogens is 1. The van der Waals surface area contributed by atoms with Gasteiger partial charge in [-0.3, -0.25) is 0 Å². The van der Waals surface area contributed by atoms with Crippen molar-refractivity contribution in [2.75, 3.05) is 38.8 Å². The van der Waals surface area contributed by atoms with Crippen molar-refractivity contribution >= 4 is 35.8 Å². The van der Waals surface area contributed by atoms with Crippen LogP contribution in [0, 0.1) is 0 Å². The first kappa shape index (κ1) is 26.0. The molecule has 1 saturated heterocycles. The van der Waals surface area contributed by atoms with Crippen molar-refractivity contribution in [1.82, 2.24) is 15.6 Å². The quantitative estimate of drug-likeness (QED) is 0.288. The van der Waals surface area contributed by atoms with E-state index in [1.165, 1.54) is 25.7 Å². The Hall–Kier alpha value is -2.23. The van der Waals surface area contributed by atoms with Gasteiger partial charge in [-0.25, -0.2) is 9.98 Å². The van der Waals surface area contributed by atoms with Crippen LogP contribution in [0.1, 0.15) is 43.7 Å². The van der Waals surface area contributed by atoms with Crippen molar-refractivity contribution in [2.24, 2.45) is 4.99 Å². The van der Waals surface area contributed by atoms with Crippen LogP contribution in [-0.2, 0) is 13.1 Å². The summed E-state index contributed by atoms with van der Waals surface area (Å²) in [5.74, 6) is 3.40. The molecule has 1 aliphatic heterocycles. The summed E-state index contributed by atoms with van der Waals surface area (Å²) >= 11 is 0. The van der Waals surface area contributed by atoms with Crippen LogP contribution < -0.4 is 25.0 Å². The number of halogens is 1. The Labute approximate surface area is 209 Å². The molecule has 0 aliphatic carbocycles. The molecule has 2 heterocycles. The predicted octanol–water partition coefficient (Wildman–Crippen LogP) is 4.35. The van der Waals surface area contributed by atoms with E-state index in [2.05, 4.69) is 39.6 Å². The number of methoxy groups -OCH3 is 2. The predicted molar refractivity (Wildman–Crippen MR) is 142 cm³/mol. The molecule has 0 radical (unpaired) electrons. The van der Waals surface area contributed by atoms with E-state index in [-0.39, 0.29) is 24.0 Å². The number of hydrogen-bond donors (Lipinski definition) is 2. The molecule has 1 fully saturated rings. The Morgan fingerprint density at radius 2 is 1.81 bits per heavy atom. The molecule has 3 rings (SSSR count). The van der Waals surface area contributed by atoms with Gasteiger partial charge in [0.05, 0.1) is 20.8 Å². The number of aliphatic imine (C=N–C) groups is 1. The van der Waals surface area contributed by atoms with Crippen LogP contribution in [0.5, 0.6) is 11.5 Å². The molecule has 2 aromatic rings. The average molecular weight is 553 g/mol. The number of guanidine groups is 1. The van der Waals surface area contributed by atoms with Gasteiger partial charge >= 0.3 is 0 Å². The molecular weight excluding hydrogens is 517 g/mol. The van der Waals surface area contributed by atoms with E-state index < -0.39 is 0 Å². The fraction of sp³-hybridized carbons (Fsp3) is 0.500. The minimum Gasteiger partial charge on any atom is -0.497 e. The third-order valence-corrected chi connectivity index (χ3v) is 5.44. The average Bonchev–Trinajstić information content (AvgIpc) is 3.11. The van der Waals surface area contributed by atoms with Crippen LogP contribution in [-0.4, -0.2) is 44.8 Å². The maximum Gasteiger partial charge on any atom is 0.191 e. The van der Waals surface area contributed by atoms with Gasteiger partial charge in [0.15, 0.2) is 5.96 Å². The molecule has 0 atom stereocenters. The molecule has 0 amide bonds. The monoisotopic (exact) mass is 553 g/mol. The first-order valence-corrected chi connectivity index (χ1v) is 11.2. The second kappa shape index (κ2) is 14.0. The summed E-state index contributed by atoms with van der Waals surface area (Å²) in [6.45, 7) is 6.23.